The van der Waals surface area contributed by atoms with Crippen LogP contribution in [0.2, 0.25) is 0 Å². The fourth-order valence-corrected chi connectivity index (χ4v) is 6.78. The average molecular weight is 585 g/mol. The number of rotatable bonds is 7. The molecule has 6 rings (SSSR count). The first kappa shape index (κ1) is 27.1. The zero-order valence-corrected chi connectivity index (χ0v) is 22.6. The van der Waals surface area contributed by atoms with Crippen LogP contribution in [0.5, 0.6) is 0 Å². The van der Waals surface area contributed by atoms with E-state index in [1.165, 1.54) is 29.3 Å². The zero-order chi connectivity index (χ0) is 28.8. The maximum absolute atomic E-state index is 14.2. The van der Waals surface area contributed by atoms with Crippen LogP contribution in [0.4, 0.5) is 23.7 Å². The lowest BCUT2D eigenvalue weighted by Crippen LogP contribution is -2.33. The van der Waals surface area contributed by atoms with Crippen molar-refractivity contribution in [2.75, 3.05) is 18.4 Å². The topological polar surface area (TPSA) is 93.5 Å². The van der Waals surface area contributed by atoms with Crippen LogP contribution in [-0.4, -0.2) is 47.5 Å². The van der Waals surface area contributed by atoms with E-state index >= 15 is 0 Å². The second-order valence-electron chi connectivity index (χ2n) is 10.4. The second kappa shape index (κ2) is 10.4. The molecule has 0 spiro atoms. The Balaban J connectivity index is 1.31. The summed E-state index contributed by atoms with van der Waals surface area (Å²) in [5.74, 6) is 0.188. The van der Waals surface area contributed by atoms with Gasteiger partial charge in [0, 0.05) is 42.8 Å². The van der Waals surface area contributed by atoms with Gasteiger partial charge in [0.25, 0.3) is 10.0 Å². The van der Waals surface area contributed by atoms with Crippen LogP contribution in [0.1, 0.15) is 24.0 Å². The third kappa shape index (κ3) is 5.35. The maximum atomic E-state index is 14.2. The van der Waals surface area contributed by atoms with E-state index in [2.05, 4.69) is 10.3 Å². The molecule has 2 atom stereocenters. The predicted molar refractivity (Wildman–Crippen MR) is 146 cm³/mol. The first-order valence-electron chi connectivity index (χ1n) is 13.2. The Hall–Kier alpha value is -4.06. The Bertz CT molecular complexity index is 1670. The maximum Gasteiger partial charge on any atom is 0.419 e. The van der Waals surface area contributed by atoms with Crippen molar-refractivity contribution in [3.63, 3.8) is 0 Å². The molecule has 1 amide bonds. The first-order chi connectivity index (χ1) is 19.6. The quantitative estimate of drug-likeness (QED) is 0.297. The lowest BCUT2D eigenvalue weighted by molar-refractivity contribution is -0.137. The fourth-order valence-electron chi connectivity index (χ4n) is 5.46. The molecular weight excluding hydrogens is 557 g/mol. The van der Waals surface area contributed by atoms with Gasteiger partial charge >= 0.3 is 12.3 Å². The van der Waals surface area contributed by atoms with Crippen molar-refractivity contribution >= 4 is 32.8 Å². The SMILES string of the molecule is O=C(OCc1ccccc1)N1C[C@H](Nc2c(C(F)(F)F)cnc3c2ccn3S(=O)(=O)c2ccccc2)[C@H](C2CC2)C1. The third-order valence-corrected chi connectivity index (χ3v) is 9.35. The predicted octanol–water partition coefficient (Wildman–Crippen LogP) is 5.75. The van der Waals surface area contributed by atoms with Gasteiger partial charge in [0.05, 0.1) is 16.1 Å². The number of hydrogen-bond donors (Lipinski definition) is 1. The first-order valence-corrected chi connectivity index (χ1v) is 14.7. The van der Waals surface area contributed by atoms with Crippen LogP contribution >= 0.6 is 0 Å². The monoisotopic (exact) mass is 584 g/mol. The lowest BCUT2D eigenvalue weighted by atomic mass is 9.97. The number of likely N-dealkylation sites (tertiary alicyclic amines) is 1. The average Bonchev–Trinajstić information content (AvgIpc) is 3.56. The number of nitrogens with zero attached hydrogens (tertiary/aromatic N) is 3. The molecule has 0 unspecified atom stereocenters. The van der Waals surface area contributed by atoms with Crippen molar-refractivity contribution in [2.24, 2.45) is 11.8 Å². The molecule has 1 saturated carbocycles. The normalized spacial score (nSPS) is 19.4. The van der Waals surface area contributed by atoms with Gasteiger partial charge in [-0.15, -0.1) is 0 Å². The number of pyridine rings is 1. The number of nitrogens with one attached hydrogen (secondary N) is 1. The number of fused-ring (bicyclic) bond motifs is 1. The van der Waals surface area contributed by atoms with Gasteiger partial charge in [0.1, 0.15) is 6.61 Å². The summed E-state index contributed by atoms with van der Waals surface area (Å²) in [5, 5.41) is 3.10. The van der Waals surface area contributed by atoms with E-state index in [-0.39, 0.29) is 46.6 Å². The van der Waals surface area contributed by atoms with Gasteiger partial charge in [-0.2, -0.15) is 13.2 Å². The Kier molecular flexibility index (Phi) is 6.88. The molecule has 0 radical (unpaired) electrons. The highest BCUT2D eigenvalue weighted by Crippen LogP contribution is 2.45. The van der Waals surface area contributed by atoms with Gasteiger partial charge < -0.3 is 15.0 Å². The second-order valence-corrected chi connectivity index (χ2v) is 12.2. The Morgan fingerprint density at radius 3 is 2.34 bits per heavy atom. The highest BCUT2D eigenvalue weighted by molar-refractivity contribution is 7.90. The number of carbonyl (C=O) groups excluding carboxylic acids is 1. The number of amides is 1. The zero-order valence-electron chi connectivity index (χ0n) is 21.8. The largest absolute Gasteiger partial charge is 0.445 e. The minimum Gasteiger partial charge on any atom is -0.445 e. The van der Waals surface area contributed by atoms with Crippen molar-refractivity contribution in [3.05, 3.63) is 90.3 Å². The van der Waals surface area contributed by atoms with Gasteiger partial charge in [-0.1, -0.05) is 48.5 Å². The van der Waals surface area contributed by atoms with E-state index in [9.17, 15) is 26.4 Å². The number of ether oxygens (including phenoxy) is 1. The molecule has 1 aliphatic heterocycles. The molecule has 2 fully saturated rings. The molecule has 3 heterocycles. The number of anilines is 1. The van der Waals surface area contributed by atoms with E-state index in [1.807, 2.05) is 30.3 Å². The summed E-state index contributed by atoms with van der Waals surface area (Å²) in [5.41, 5.74) is -0.541. The lowest BCUT2D eigenvalue weighted by Gasteiger charge is -2.23. The Morgan fingerprint density at radius 1 is 1.00 bits per heavy atom. The molecule has 41 heavy (non-hydrogen) atoms. The van der Waals surface area contributed by atoms with Crippen LogP contribution in [0.15, 0.2) is 84.0 Å². The van der Waals surface area contributed by atoms with E-state index < -0.39 is 33.9 Å². The summed E-state index contributed by atoms with van der Waals surface area (Å²) in [6, 6.07) is 17.7. The third-order valence-electron chi connectivity index (χ3n) is 7.67. The molecule has 12 heteroatoms. The molecule has 0 bridgehead atoms. The summed E-state index contributed by atoms with van der Waals surface area (Å²) in [6.07, 6.45) is -1.54. The number of halogens is 3. The fraction of sp³-hybridized carbons (Fsp3) is 0.310. The molecule has 1 aliphatic carbocycles. The summed E-state index contributed by atoms with van der Waals surface area (Å²) in [6.45, 7) is 0.600. The van der Waals surface area contributed by atoms with Gasteiger partial charge in [-0.05, 0) is 42.5 Å². The number of aromatic nitrogens is 2. The number of benzene rings is 2. The minimum atomic E-state index is -4.74. The van der Waals surface area contributed by atoms with E-state index in [4.69, 9.17) is 4.74 Å². The molecule has 4 aromatic rings. The van der Waals surface area contributed by atoms with E-state index in [0.29, 0.717) is 12.7 Å². The minimum absolute atomic E-state index is 0.0112. The summed E-state index contributed by atoms with van der Waals surface area (Å²) in [4.78, 5) is 18.4. The number of hydrogen-bond acceptors (Lipinski definition) is 6. The summed E-state index contributed by atoms with van der Waals surface area (Å²) in [7, 11) is -4.10. The summed E-state index contributed by atoms with van der Waals surface area (Å²) < 4.78 is 75.6. The standard InChI is InChI=1S/C29H27F3N4O4S/c30-29(31,32)24-15-33-27-22(13-14-36(27)41(38,39)21-9-5-2-6-10-21)26(24)34-25-17-35(16-23(25)20-11-12-20)28(37)40-18-19-7-3-1-4-8-19/h1-10,13-15,20,23,25H,11-12,16-18H2,(H,33,34)/t23-,25-/m0/s1. The van der Waals surface area contributed by atoms with Crippen LogP contribution in [0.3, 0.4) is 0 Å². The van der Waals surface area contributed by atoms with Crippen molar-refractivity contribution in [1.82, 2.24) is 13.9 Å². The molecule has 2 aliphatic rings. The van der Waals surface area contributed by atoms with Crippen molar-refractivity contribution in [3.8, 4) is 0 Å². The van der Waals surface area contributed by atoms with Crippen LogP contribution in [-0.2, 0) is 27.5 Å². The molecule has 2 aromatic heterocycles. The van der Waals surface area contributed by atoms with E-state index in [0.717, 1.165) is 22.4 Å². The van der Waals surface area contributed by atoms with Gasteiger partial charge in [0.2, 0.25) is 0 Å². The number of carbonyl (C=O) groups is 1. The Morgan fingerprint density at radius 2 is 1.68 bits per heavy atom. The van der Waals surface area contributed by atoms with Crippen LogP contribution in [0, 0.1) is 11.8 Å². The van der Waals surface area contributed by atoms with Crippen LogP contribution < -0.4 is 5.32 Å². The highest BCUT2D eigenvalue weighted by atomic mass is 32.2. The number of alkyl halides is 3. The van der Waals surface area contributed by atoms with Gasteiger partial charge in [-0.3, -0.25) is 0 Å². The molecule has 214 valence electrons. The molecular formula is C29H27F3N4O4S. The molecule has 1 saturated heterocycles. The van der Waals surface area contributed by atoms with Gasteiger partial charge in [0.15, 0.2) is 5.65 Å². The van der Waals surface area contributed by atoms with Gasteiger partial charge in [-0.25, -0.2) is 22.2 Å². The van der Waals surface area contributed by atoms with E-state index in [1.54, 1.807) is 18.2 Å². The summed E-state index contributed by atoms with van der Waals surface area (Å²) >= 11 is 0. The molecule has 1 N–H and O–H groups in total. The molecule has 2 aromatic carbocycles. The Labute approximate surface area is 234 Å². The smallest absolute Gasteiger partial charge is 0.419 e. The molecule has 8 nitrogen and oxygen atoms in total. The highest BCUT2D eigenvalue weighted by Gasteiger charge is 2.45. The van der Waals surface area contributed by atoms with Crippen molar-refractivity contribution in [1.29, 1.82) is 0 Å². The van der Waals surface area contributed by atoms with Crippen molar-refractivity contribution in [2.45, 2.75) is 36.6 Å². The van der Waals surface area contributed by atoms with Crippen LogP contribution in [0.25, 0.3) is 11.0 Å². The van der Waals surface area contributed by atoms with Crippen molar-refractivity contribution < 1.29 is 31.1 Å².